The van der Waals surface area contributed by atoms with E-state index in [-0.39, 0.29) is 5.95 Å². The van der Waals surface area contributed by atoms with Gasteiger partial charge in [0.2, 0.25) is 11.9 Å². The Morgan fingerprint density at radius 3 is 2.71 bits per heavy atom. The maximum atomic E-state index is 5.61. The minimum absolute atomic E-state index is 0.187. The number of nitrogen functional groups attached to an aromatic ring is 1. The van der Waals surface area contributed by atoms with Crippen molar-refractivity contribution in [2.24, 2.45) is 5.41 Å². The standard InChI is InChI=1S/C11H19N5O/c1-4-5-17-10-15-8(12)14-9(16-10)13-7-6-11(7,2)3/h7H,4-6H2,1-3H3,(H3,12,13,14,15,16). The zero-order chi connectivity index (χ0) is 12.5. The van der Waals surface area contributed by atoms with Gasteiger partial charge in [0, 0.05) is 6.04 Å². The Morgan fingerprint density at radius 1 is 1.41 bits per heavy atom. The van der Waals surface area contributed by atoms with Crippen LogP contribution in [0.5, 0.6) is 6.01 Å². The number of nitrogens with zero attached hydrogens (tertiary/aromatic N) is 3. The highest BCUT2D eigenvalue weighted by Crippen LogP contribution is 2.46. The third kappa shape index (κ3) is 2.95. The number of ether oxygens (including phenoxy) is 1. The molecule has 1 aliphatic carbocycles. The number of aromatic nitrogens is 3. The summed E-state index contributed by atoms with van der Waals surface area (Å²) in [5.74, 6) is 0.686. The van der Waals surface area contributed by atoms with E-state index in [2.05, 4.69) is 34.1 Å². The SMILES string of the molecule is CCCOc1nc(N)nc(NC2CC2(C)C)n1. The number of nitrogens with two attached hydrogens (primary N) is 1. The third-order valence-corrected chi connectivity index (χ3v) is 2.88. The van der Waals surface area contributed by atoms with Gasteiger partial charge in [-0.15, -0.1) is 0 Å². The van der Waals surface area contributed by atoms with E-state index in [1.807, 2.05) is 6.92 Å². The molecule has 0 spiro atoms. The highest BCUT2D eigenvalue weighted by Gasteiger charge is 2.46. The molecule has 1 atom stereocenters. The fraction of sp³-hybridized carbons (Fsp3) is 0.727. The van der Waals surface area contributed by atoms with Gasteiger partial charge in [0.25, 0.3) is 0 Å². The van der Waals surface area contributed by atoms with Gasteiger partial charge in [-0.3, -0.25) is 0 Å². The summed E-state index contributed by atoms with van der Waals surface area (Å²) < 4.78 is 5.35. The molecule has 17 heavy (non-hydrogen) atoms. The smallest absolute Gasteiger partial charge is 0.323 e. The summed E-state index contributed by atoms with van der Waals surface area (Å²) in [4.78, 5) is 12.2. The minimum Gasteiger partial charge on any atom is -0.463 e. The predicted molar refractivity (Wildman–Crippen MR) is 65.8 cm³/mol. The van der Waals surface area contributed by atoms with Crippen molar-refractivity contribution in [1.29, 1.82) is 0 Å². The first kappa shape index (κ1) is 11.9. The number of anilines is 2. The molecule has 1 aliphatic rings. The van der Waals surface area contributed by atoms with E-state index in [9.17, 15) is 0 Å². The summed E-state index contributed by atoms with van der Waals surface area (Å²) >= 11 is 0. The largest absolute Gasteiger partial charge is 0.463 e. The second-order valence-corrected chi connectivity index (χ2v) is 5.04. The van der Waals surface area contributed by atoms with Crippen LogP contribution >= 0.6 is 0 Å². The molecule has 94 valence electrons. The van der Waals surface area contributed by atoms with Crippen molar-refractivity contribution in [3.63, 3.8) is 0 Å². The van der Waals surface area contributed by atoms with Crippen LogP contribution in [-0.2, 0) is 0 Å². The molecule has 1 heterocycles. The summed E-state index contributed by atoms with van der Waals surface area (Å²) in [5.41, 5.74) is 5.92. The molecule has 0 bridgehead atoms. The van der Waals surface area contributed by atoms with Crippen LogP contribution in [0.15, 0.2) is 0 Å². The molecule has 1 fully saturated rings. The van der Waals surface area contributed by atoms with E-state index in [4.69, 9.17) is 10.5 Å². The molecule has 6 nitrogen and oxygen atoms in total. The average Bonchev–Trinajstić information content (AvgIpc) is 2.82. The number of rotatable bonds is 5. The monoisotopic (exact) mass is 237 g/mol. The summed E-state index contributed by atoms with van der Waals surface area (Å²) in [6.45, 7) is 7.00. The molecular formula is C11H19N5O. The van der Waals surface area contributed by atoms with Gasteiger partial charge in [-0.1, -0.05) is 20.8 Å². The maximum absolute atomic E-state index is 5.61. The molecule has 1 aromatic heterocycles. The molecule has 1 aromatic rings. The van der Waals surface area contributed by atoms with Crippen LogP contribution in [0.1, 0.15) is 33.6 Å². The van der Waals surface area contributed by atoms with Crippen molar-refractivity contribution in [3.8, 4) is 6.01 Å². The lowest BCUT2D eigenvalue weighted by Crippen LogP contribution is -2.13. The van der Waals surface area contributed by atoms with Gasteiger partial charge in [0.05, 0.1) is 6.61 Å². The number of nitrogens with one attached hydrogen (secondary N) is 1. The van der Waals surface area contributed by atoms with Crippen LogP contribution in [0.3, 0.4) is 0 Å². The van der Waals surface area contributed by atoms with Gasteiger partial charge in [-0.25, -0.2) is 0 Å². The van der Waals surface area contributed by atoms with Crippen molar-refractivity contribution in [1.82, 2.24) is 15.0 Å². The average molecular weight is 237 g/mol. The summed E-state index contributed by atoms with van der Waals surface area (Å²) in [7, 11) is 0. The van der Waals surface area contributed by atoms with Gasteiger partial charge < -0.3 is 15.8 Å². The first-order valence-electron chi connectivity index (χ1n) is 5.92. The lowest BCUT2D eigenvalue weighted by molar-refractivity contribution is 0.292. The van der Waals surface area contributed by atoms with E-state index in [1.54, 1.807) is 0 Å². The first-order valence-corrected chi connectivity index (χ1v) is 5.92. The summed E-state index contributed by atoms with van der Waals surface area (Å²) in [6, 6.07) is 0.698. The lowest BCUT2D eigenvalue weighted by atomic mass is 10.2. The summed E-state index contributed by atoms with van der Waals surface area (Å²) in [6.07, 6.45) is 2.02. The van der Waals surface area contributed by atoms with Gasteiger partial charge in [-0.05, 0) is 18.3 Å². The fourth-order valence-corrected chi connectivity index (χ4v) is 1.56. The topological polar surface area (TPSA) is 86.0 Å². The third-order valence-electron chi connectivity index (χ3n) is 2.88. The van der Waals surface area contributed by atoms with Crippen molar-refractivity contribution < 1.29 is 4.74 Å². The molecule has 6 heteroatoms. The molecule has 2 rings (SSSR count). The lowest BCUT2D eigenvalue weighted by Gasteiger charge is -2.08. The Balaban J connectivity index is 2.04. The minimum atomic E-state index is 0.187. The second kappa shape index (κ2) is 4.35. The van der Waals surface area contributed by atoms with Gasteiger partial charge >= 0.3 is 6.01 Å². The van der Waals surface area contributed by atoms with Crippen LogP contribution in [0.2, 0.25) is 0 Å². The Kier molecular flexibility index (Phi) is 3.04. The van der Waals surface area contributed by atoms with Crippen molar-refractivity contribution >= 4 is 11.9 Å². The Hall–Kier alpha value is -1.59. The van der Waals surface area contributed by atoms with E-state index < -0.39 is 0 Å². The zero-order valence-electron chi connectivity index (χ0n) is 10.5. The van der Waals surface area contributed by atoms with E-state index in [0.717, 1.165) is 12.8 Å². The number of hydrogen-bond donors (Lipinski definition) is 2. The van der Waals surface area contributed by atoms with Crippen LogP contribution < -0.4 is 15.8 Å². The highest BCUT2D eigenvalue weighted by atomic mass is 16.5. The normalized spacial score (nSPS) is 21.0. The molecule has 3 N–H and O–H groups in total. The van der Waals surface area contributed by atoms with Crippen LogP contribution in [0.4, 0.5) is 11.9 Å². The Bertz CT molecular complexity index is 407. The van der Waals surface area contributed by atoms with E-state index >= 15 is 0 Å². The zero-order valence-corrected chi connectivity index (χ0v) is 10.5. The van der Waals surface area contributed by atoms with Crippen LogP contribution in [-0.4, -0.2) is 27.6 Å². The fourth-order valence-electron chi connectivity index (χ4n) is 1.56. The van der Waals surface area contributed by atoms with Gasteiger partial charge in [-0.2, -0.15) is 15.0 Å². The molecule has 1 saturated carbocycles. The Labute approximate surface area is 101 Å². The maximum Gasteiger partial charge on any atom is 0.323 e. The van der Waals surface area contributed by atoms with Crippen molar-refractivity contribution in [2.45, 2.75) is 39.7 Å². The molecule has 0 amide bonds. The predicted octanol–water partition coefficient (Wildman–Crippen LogP) is 1.45. The Morgan fingerprint density at radius 2 is 2.12 bits per heavy atom. The van der Waals surface area contributed by atoms with Crippen molar-refractivity contribution in [3.05, 3.63) is 0 Å². The summed E-state index contributed by atoms with van der Waals surface area (Å²) in [5, 5.41) is 3.24. The van der Waals surface area contributed by atoms with Gasteiger partial charge in [0.15, 0.2) is 0 Å². The van der Waals surface area contributed by atoms with E-state index in [1.165, 1.54) is 0 Å². The quantitative estimate of drug-likeness (QED) is 0.806. The van der Waals surface area contributed by atoms with Gasteiger partial charge in [0.1, 0.15) is 0 Å². The second-order valence-electron chi connectivity index (χ2n) is 5.04. The highest BCUT2D eigenvalue weighted by molar-refractivity contribution is 5.36. The molecule has 0 radical (unpaired) electrons. The first-order chi connectivity index (χ1) is 8.01. The van der Waals surface area contributed by atoms with Crippen LogP contribution in [0.25, 0.3) is 0 Å². The van der Waals surface area contributed by atoms with Crippen molar-refractivity contribution in [2.75, 3.05) is 17.7 Å². The molecule has 1 unspecified atom stereocenters. The van der Waals surface area contributed by atoms with Crippen LogP contribution in [0, 0.1) is 5.41 Å². The molecule has 0 aromatic carbocycles. The molecular weight excluding hydrogens is 218 g/mol. The van der Waals surface area contributed by atoms with E-state index in [0.29, 0.717) is 30.0 Å². The molecule has 0 saturated heterocycles. The number of hydrogen-bond acceptors (Lipinski definition) is 6. The molecule has 0 aliphatic heterocycles.